The van der Waals surface area contributed by atoms with Crippen LogP contribution in [0.5, 0.6) is 0 Å². The highest BCUT2D eigenvalue weighted by molar-refractivity contribution is 5.96. The van der Waals surface area contributed by atoms with Crippen LogP contribution in [0.2, 0.25) is 0 Å². The Balaban J connectivity index is 2.50. The van der Waals surface area contributed by atoms with Crippen LogP contribution in [0.25, 0.3) is 10.9 Å². The molecule has 88 valence electrons. The minimum Gasteiger partial charge on any atom is -0.465 e. The number of aromatic nitrogens is 1. The summed E-state index contributed by atoms with van der Waals surface area (Å²) in [5.74, 6) is -0.813. The number of amides is 1. The number of hydrogen-bond acceptors (Lipinski definition) is 3. The second kappa shape index (κ2) is 4.29. The molecule has 1 heterocycles. The van der Waals surface area contributed by atoms with Crippen LogP contribution >= 0.6 is 0 Å². The fourth-order valence-corrected chi connectivity index (χ4v) is 1.76. The Morgan fingerprint density at radius 3 is 2.82 bits per heavy atom. The summed E-state index contributed by atoms with van der Waals surface area (Å²) in [6, 6.07) is 5.13. The third-order valence-corrected chi connectivity index (χ3v) is 2.55. The van der Waals surface area contributed by atoms with Crippen molar-refractivity contribution in [1.29, 1.82) is 0 Å². The van der Waals surface area contributed by atoms with E-state index in [4.69, 9.17) is 5.73 Å². The highest BCUT2D eigenvalue weighted by Gasteiger charge is 2.10. The molecular weight excluding hydrogens is 220 g/mol. The smallest absolute Gasteiger partial charge is 0.337 e. The van der Waals surface area contributed by atoms with E-state index in [-0.39, 0.29) is 6.42 Å². The molecule has 0 aliphatic carbocycles. The Kier molecular flexibility index (Phi) is 2.82. The lowest BCUT2D eigenvalue weighted by Crippen LogP contribution is -2.13. The van der Waals surface area contributed by atoms with Gasteiger partial charge in [-0.25, -0.2) is 4.79 Å². The van der Waals surface area contributed by atoms with E-state index in [0.717, 1.165) is 16.5 Å². The molecular formula is C12H12N2O3. The van der Waals surface area contributed by atoms with E-state index in [1.165, 1.54) is 7.11 Å². The molecule has 0 aliphatic rings. The number of H-pyrrole nitrogens is 1. The molecule has 0 fully saturated rings. The molecule has 5 nitrogen and oxygen atoms in total. The second-order valence-corrected chi connectivity index (χ2v) is 3.71. The number of esters is 1. The first kappa shape index (κ1) is 11.2. The van der Waals surface area contributed by atoms with Gasteiger partial charge in [0, 0.05) is 17.1 Å². The average molecular weight is 232 g/mol. The van der Waals surface area contributed by atoms with Crippen molar-refractivity contribution in [2.24, 2.45) is 5.73 Å². The number of carbonyl (C=O) groups is 2. The van der Waals surface area contributed by atoms with Crippen molar-refractivity contribution in [2.45, 2.75) is 6.42 Å². The first-order valence-electron chi connectivity index (χ1n) is 5.08. The Bertz CT molecular complexity index is 586. The third kappa shape index (κ3) is 2.13. The lowest BCUT2D eigenvalue weighted by atomic mass is 10.1. The topological polar surface area (TPSA) is 85.2 Å². The molecule has 1 aromatic heterocycles. The average Bonchev–Trinajstić information content (AvgIpc) is 2.70. The first-order valence-corrected chi connectivity index (χ1v) is 5.08. The van der Waals surface area contributed by atoms with Gasteiger partial charge in [0.2, 0.25) is 5.91 Å². The quantitative estimate of drug-likeness (QED) is 0.773. The summed E-state index contributed by atoms with van der Waals surface area (Å²) in [5.41, 5.74) is 7.24. The maximum absolute atomic E-state index is 11.4. The maximum atomic E-state index is 11.4. The molecule has 0 saturated carbocycles. The number of ether oxygens (including phenoxy) is 1. The van der Waals surface area contributed by atoms with E-state index in [1.807, 2.05) is 0 Å². The number of rotatable bonds is 3. The fourth-order valence-electron chi connectivity index (χ4n) is 1.76. The monoisotopic (exact) mass is 232 g/mol. The van der Waals surface area contributed by atoms with E-state index in [1.54, 1.807) is 24.4 Å². The Morgan fingerprint density at radius 2 is 2.18 bits per heavy atom. The van der Waals surface area contributed by atoms with Crippen molar-refractivity contribution in [1.82, 2.24) is 4.98 Å². The molecule has 1 amide bonds. The molecule has 0 saturated heterocycles. The molecule has 0 atom stereocenters. The largest absolute Gasteiger partial charge is 0.465 e. The number of nitrogens with two attached hydrogens (primary N) is 1. The molecule has 2 rings (SSSR count). The molecule has 3 N–H and O–H groups in total. The van der Waals surface area contributed by atoms with Gasteiger partial charge in [-0.3, -0.25) is 4.79 Å². The van der Waals surface area contributed by atoms with Gasteiger partial charge in [0.1, 0.15) is 0 Å². The normalized spacial score (nSPS) is 10.4. The van der Waals surface area contributed by atoms with Crippen LogP contribution in [-0.4, -0.2) is 24.0 Å². The number of hydrogen-bond donors (Lipinski definition) is 2. The minimum atomic E-state index is -0.408. The van der Waals surface area contributed by atoms with Gasteiger partial charge in [-0.15, -0.1) is 0 Å². The lowest BCUT2D eigenvalue weighted by Gasteiger charge is -2.00. The molecule has 17 heavy (non-hydrogen) atoms. The molecule has 5 heteroatoms. The molecule has 0 spiro atoms. The van der Waals surface area contributed by atoms with E-state index in [0.29, 0.717) is 5.56 Å². The van der Waals surface area contributed by atoms with Crippen LogP contribution in [-0.2, 0) is 16.0 Å². The van der Waals surface area contributed by atoms with Gasteiger partial charge in [0.05, 0.1) is 19.1 Å². The van der Waals surface area contributed by atoms with E-state index >= 15 is 0 Å². The summed E-state index contributed by atoms with van der Waals surface area (Å²) >= 11 is 0. The van der Waals surface area contributed by atoms with Gasteiger partial charge in [0.15, 0.2) is 0 Å². The van der Waals surface area contributed by atoms with Crippen molar-refractivity contribution >= 4 is 22.8 Å². The summed E-state index contributed by atoms with van der Waals surface area (Å²) in [4.78, 5) is 25.3. The predicted octanol–water partition coefficient (Wildman–Crippen LogP) is 0.982. The van der Waals surface area contributed by atoms with Crippen molar-refractivity contribution in [3.63, 3.8) is 0 Å². The summed E-state index contributed by atoms with van der Waals surface area (Å²) < 4.78 is 4.64. The van der Waals surface area contributed by atoms with E-state index < -0.39 is 11.9 Å². The number of primary amides is 1. The summed E-state index contributed by atoms with van der Waals surface area (Å²) in [6.07, 6.45) is 1.86. The van der Waals surface area contributed by atoms with Crippen LogP contribution < -0.4 is 5.73 Å². The summed E-state index contributed by atoms with van der Waals surface area (Å²) in [6.45, 7) is 0. The number of benzene rings is 1. The van der Waals surface area contributed by atoms with Gasteiger partial charge in [0.25, 0.3) is 0 Å². The predicted molar refractivity (Wildman–Crippen MR) is 62.5 cm³/mol. The van der Waals surface area contributed by atoms with Crippen LogP contribution in [0, 0.1) is 0 Å². The minimum absolute atomic E-state index is 0.143. The van der Waals surface area contributed by atoms with Gasteiger partial charge in [-0.1, -0.05) is 0 Å². The van der Waals surface area contributed by atoms with E-state index in [9.17, 15) is 9.59 Å². The lowest BCUT2D eigenvalue weighted by molar-refractivity contribution is -0.117. The highest BCUT2D eigenvalue weighted by Crippen LogP contribution is 2.20. The number of fused-ring (bicyclic) bond motifs is 1. The van der Waals surface area contributed by atoms with E-state index in [2.05, 4.69) is 9.72 Å². The zero-order valence-corrected chi connectivity index (χ0v) is 9.32. The highest BCUT2D eigenvalue weighted by atomic mass is 16.5. The standard InChI is InChI=1S/C12H12N2O3/c1-17-12(16)7-2-3-10-9(4-7)8(6-14-10)5-11(13)15/h2-4,6,14H,5H2,1H3,(H2,13,15). The molecule has 0 unspecified atom stereocenters. The molecule has 0 bridgehead atoms. The number of methoxy groups -OCH3 is 1. The van der Waals surface area contributed by atoms with Crippen LogP contribution in [0.15, 0.2) is 24.4 Å². The molecule has 0 aliphatic heterocycles. The van der Waals surface area contributed by atoms with Gasteiger partial charge < -0.3 is 15.5 Å². The Labute approximate surface area is 97.6 Å². The first-order chi connectivity index (χ1) is 8.11. The number of carbonyl (C=O) groups excluding carboxylic acids is 2. The van der Waals surface area contributed by atoms with Crippen molar-refractivity contribution in [3.05, 3.63) is 35.5 Å². The molecule has 2 aromatic rings. The summed E-state index contributed by atoms with van der Waals surface area (Å²) in [5, 5.41) is 0.812. The number of nitrogens with one attached hydrogen (secondary N) is 1. The Hall–Kier alpha value is -2.30. The van der Waals surface area contributed by atoms with Gasteiger partial charge >= 0.3 is 5.97 Å². The van der Waals surface area contributed by atoms with Gasteiger partial charge in [-0.2, -0.15) is 0 Å². The maximum Gasteiger partial charge on any atom is 0.337 e. The molecule has 0 radical (unpaired) electrons. The van der Waals surface area contributed by atoms with Crippen molar-refractivity contribution in [2.75, 3.05) is 7.11 Å². The summed E-state index contributed by atoms with van der Waals surface area (Å²) in [7, 11) is 1.33. The zero-order valence-electron chi connectivity index (χ0n) is 9.32. The second-order valence-electron chi connectivity index (χ2n) is 3.71. The SMILES string of the molecule is COC(=O)c1ccc2[nH]cc(CC(N)=O)c2c1. The van der Waals surface area contributed by atoms with Crippen LogP contribution in [0.1, 0.15) is 15.9 Å². The fraction of sp³-hybridized carbons (Fsp3) is 0.167. The van der Waals surface area contributed by atoms with Gasteiger partial charge in [-0.05, 0) is 23.8 Å². The zero-order chi connectivity index (χ0) is 12.4. The third-order valence-electron chi connectivity index (χ3n) is 2.55. The Morgan fingerprint density at radius 1 is 1.41 bits per heavy atom. The number of aromatic amines is 1. The van der Waals surface area contributed by atoms with Crippen molar-refractivity contribution < 1.29 is 14.3 Å². The molecule has 1 aromatic carbocycles. The van der Waals surface area contributed by atoms with Crippen LogP contribution in [0.4, 0.5) is 0 Å². The van der Waals surface area contributed by atoms with Crippen LogP contribution in [0.3, 0.4) is 0 Å². The van der Waals surface area contributed by atoms with Crippen molar-refractivity contribution in [3.8, 4) is 0 Å².